The molecule has 0 atom stereocenters. The third kappa shape index (κ3) is 6.97. The van der Waals surface area contributed by atoms with Gasteiger partial charge in [-0.25, -0.2) is 9.69 Å². The van der Waals surface area contributed by atoms with E-state index >= 15 is 0 Å². The Labute approximate surface area is 254 Å². The van der Waals surface area contributed by atoms with Crippen molar-refractivity contribution in [3.8, 4) is 11.5 Å². The van der Waals surface area contributed by atoms with Crippen LogP contribution in [0.25, 0.3) is 6.08 Å². The van der Waals surface area contributed by atoms with Crippen molar-refractivity contribution in [1.29, 1.82) is 0 Å². The van der Waals surface area contributed by atoms with E-state index in [1.807, 2.05) is 24.3 Å². The van der Waals surface area contributed by atoms with Gasteiger partial charge in [0, 0.05) is 20.1 Å². The lowest BCUT2D eigenvalue weighted by atomic mass is 10.1. The SMILES string of the molecule is O=C1NC(=O)N(c2ccc(OCc3ccc(Cl)cc3)cc2)C(=O)/C1=C/c1cc(Br)ccc1OCc1ccc(Cl)cc1. The zero-order chi connectivity index (χ0) is 28.9. The average molecular weight is 652 g/mol. The third-order valence-electron chi connectivity index (χ3n) is 6.09. The van der Waals surface area contributed by atoms with E-state index < -0.39 is 17.8 Å². The molecule has 1 aliphatic rings. The molecule has 4 amide bonds. The second-order valence-electron chi connectivity index (χ2n) is 8.96. The Kier molecular flexibility index (Phi) is 8.73. The van der Waals surface area contributed by atoms with E-state index in [0.717, 1.165) is 16.0 Å². The smallest absolute Gasteiger partial charge is 0.335 e. The fourth-order valence-electron chi connectivity index (χ4n) is 3.99. The molecule has 0 aromatic heterocycles. The molecule has 10 heteroatoms. The summed E-state index contributed by atoms with van der Waals surface area (Å²) in [7, 11) is 0. The second kappa shape index (κ2) is 12.6. The molecular formula is C31H21BrCl2N2O5. The summed E-state index contributed by atoms with van der Waals surface area (Å²) in [5, 5.41) is 3.49. The number of nitrogens with one attached hydrogen (secondary N) is 1. The second-order valence-corrected chi connectivity index (χ2v) is 10.8. The fourth-order valence-corrected chi connectivity index (χ4v) is 4.62. The van der Waals surface area contributed by atoms with Gasteiger partial charge in [-0.05, 0) is 83.9 Å². The Morgan fingerprint density at radius 3 is 1.95 bits per heavy atom. The van der Waals surface area contributed by atoms with Crippen LogP contribution in [-0.4, -0.2) is 17.8 Å². The molecule has 0 radical (unpaired) electrons. The quantitative estimate of drug-likeness (QED) is 0.157. The molecule has 4 aromatic carbocycles. The predicted octanol–water partition coefficient (Wildman–Crippen LogP) is 7.58. The number of hydrogen-bond acceptors (Lipinski definition) is 5. The maximum Gasteiger partial charge on any atom is 0.335 e. The summed E-state index contributed by atoms with van der Waals surface area (Å²) in [6, 6.07) is 25.3. The topological polar surface area (TPSA) is 84.9 Å². The highest BCUT2D eigenvalue weighted by Gasteiger charge is 2.37. The van der Waals surface area contributed by atoms with Crippen molar-refractivity contribution >= 4 is 68.7 Å². The molecule has 0 saturated carbocycles. The van der Waals surface area contributed by atoms with Crippen LogP contribution >= 0.6 is 39.1 Å². The molecule has 5 rings (SSSR count). The van der Waals surface area contributed by atoms with Crippen LogP contribution in [0.5, 0.6) is 11.5 Å². The van der Waals surface area contributed by atoms with Gasteiger partial charge in [0.2, 0.25) is 0 Å². The van der Waals surface area contributed by atoms with E-state index in [0.29, 0.717) is 38.2 Å². The molecule has 1 fully saturated rings. The first-order valence-electron chi connectivity index (χ1n) is 12.3. The molecule has 1 saturated heterocycles. The van der Waals surface area contributed by atoms with Crippen LogP contribution < -0.4 is 19.7 Å². The monoisotopic (exact) mass is 650 g/mol. The van der Waals surface area contributed by atoms with E-state index in [9.17, 15) is 14.4 Å². The normalized spacial score (nSPS) is 14.3. The number of carbonyl (C=O) groups is 3. The van der Waals surface area contributed by atoms with Crippen LogP contribution in [0, 0.1) is 0 Å². The molecule has 41 heavy (non-hydrogen) atoms. The van der Waals surface area contributed by atoms with E-state index in [-0.39, 0.29) is 17.9 Å². The minimum atomic E-state index is -0.847. The number of hydrogen-bond donors (Lipinski definition) is 1. The maximum absolute atomic E-state index is 13.5. The van der Waals surface area contributed by atoms with Crippen LogP contribution in [0.15, 0.2) is 101 Å². The van der Waals surface area contributed by atoms with Crippen molar-refractivity contribution in [2.45, 2.75) is 13.2 Å². The number of imide groups is 2. The number of carbonyl (C=O) groups excluding carboxylic acids is 3. The summed E-state index contributed by atoms with van der Waals surface area (Å²) in [5.41, 5.74) is 2.36. The minimum Gasteiger partial charge on any atom is -0.489 e. The van der Waals surface area contributed by atoms with Crippen LogP contribution in [0.4, 0.5) is 10.5 Å². The standard InChI is InChI=1S/C31H21BrCl2N2O5/c32-22-5-14-28(41-18-20-3-8-24(34)9-4-20)21(15-22)16-27-29(37)35-31(39)36(30(27)38)25-10-12-26(13-11-25)40-17-19-1-6-23(33)7-2-19/h1-16H,17-18H2,(H,35,37,39)/b27-16+. The molecule has 4 aromatic rings. The van der Waals surface area contributed by atoms with Gasteiger partial charge < -0.3 is 9.47 Å². The van der Waals surface area contributed by atoms with Gasteiger partial charge in [0.1, 0.15) is 30.3 Å². The van der Waals surface area contributed by atoms with E-state index in [4.69, 9.17) is 32.7 Å². The van der Waals surface area contributed by atoms with Gasteiger partial charge in [0.15, 0.2) is 0 Å². The number of urea groups is 1. The van der Waals surface area contributed by atoms with Crippen LogP contribution in [0.1, 0.15) is 16.7 Å². The van der Waals surface area contributed by atoms with E-state index in [2.05, 4.69) is 21.2 Å². The lowest BCUT2D eigenvalue weighted by Crippen LogP contribution is -2.54. The lowest BCUT2D eigenvalue weighted by molar-refractivity contribution is -0.122. The average Bonchev–Trinajstić information content (AvgIpc) is 2.96. The van der Waals surface area contributed by atoms with Gasteiger partial charge in [0.05, 0.1) is 5.69 Å². The van der Waals surface area contributed by atoms with Gasteiger partial charge in [-0.1, -0.05) is 63.4 Å². The molecule has 0 aliphatic carbocycles. The number of amides is 4. The van der Waals surface area contributed by atoms with Crippen molar-refractivity contribution in [2.75, 3.05) is 4.90 Å². The van der Waals surface area contributed by atoms with Gasteiger partial charge in [-0.3, -0.25) is 14.9 Å². The first kappa shape index (κ1) is 28.4. The van der Waals surface area contributed by atoms with Crippen molar-refractivity contribution in [1.82, 2.24) is 5.32 Å². The number of nitrogens with zero attached hydrogens (tertiary/aromatic N) is 1. The Hall–Kier alpha value is -4.11. The summed E-state index contributed by atoms with van der Waals surface area (Å²) >= 11 is 15.3. The molecule has 1 heterocycles. The largest absolute Gasteiger partial charge is 0.489 e. The summed E-state index contributed by atoms with van der Waals surface area (Å²) < 4.78 is 12.5. The third-order valence-corrected chi connectivity index (χ3v) is 7.09. The van der Waals surface area contributed by atoms with Gasteiger partial charge in [0.25, 0.3) is 11.8 Å². The predicted molar refractivity (Wildman–Crippen MR) is 161 cm³/mol. The summed E-state index contributed by atoms with van der Waals surface area (Å²) in [6.45, 7) is 0.558. The van der Waals surface area contributed by atoms with Gasteiger partial charge in [-0.15, -0.1) is 0 Å². The van der Waals surface area contributed by atoms with Crippen LogP contribution in [0.2, 0.25) is 10.0 Å². The molecule has 0 bridgehead atoms. The number of anilines is 1. The van der Waals surface area contributed by atoms with Gasteiger partial charge in [-0.2, -0.15) is 0 Å². The van der Waals surface area contributed by atoms with E-state index in [1.165, 1.54) is 6.08 Å². The maximum atomic E-state index is 13.5. The Balaban J connectivity index is 1.35. The van der Waals surface area contributed by atoms with Crippen molar-refractivity contribution < 1.29 is 23.9 Å². The van der Waals surface area contributed by atoms with Crippen LogP contribution in [0.3, 0.4) is 0 Å². The van der Waals surface area contributed by atoms with E-state index in [1.54, 1.807) is 66.7 Å². The molecule has 1 aliphatic heterocycles. The van der Waals surface area contributed by atoms with Crippen molar-refractivity contribution in [2.24, 2.45) is 0 Å². The number of ether oxygens (including phenoxy) is 2. The molecule has 1 N–H and O–H groups in total. The first-order chi connectivity index (χ1) is 19.8. The number of barbiturate groups is 1. The highest BCUT2D eigenvalue weighted by atomic mass is 79.9. The summed E-state index contributed by atoms with van der Waals surface area (Å²) in [4.78, 5) is 39.8. The Bertz CT molecular complexity index is 1640. The summed E-state index contributed by atoms with van der Waals surface area (Å²) in [6.07, 6.45) is 1.41. The molecule has 0 unspecified atom stereocenters. The van der Waals surface area contributed by atoms with Crippen molar-refractivity contribution in [3.05, 3.63) is 128 Å². The Morgan fingerprint density at radius 1 is 0.756 bits per heavy atom. The zero-order valence-corrected chi connectivity index (χ0v) is 24.4. The fraction of sp³-hybridized carbons (Fsp3) is 0.0645. The highest BCUT2D eigenvalue weighted by molar-refractivity contribution is 9.10. The highest BCUT2D eigenvalue weighted by Crippen LogP contribution is 2.29. The molecule has 206 valence electrons. The zero-order valence-electron chi connectivity index (χ0n) is 21.3. The molecule has 0 spiro atoms. The first-order valence-corrected chi connectivity index (χ1v) is 13.9. The summed E-state index contributed by atoms with van der Waals surface area (Å²) in [5.74, 6) is -0.584. The lowest BCUT2D eigenvalue weighted by Gasteiger charge is -2.26. The number of rotatable bonds is 8. The van der Waals surface area contributed by atoms with Crippen molar-refractivity contribution in [3.63, 3.8) is 0 Å². The molecule has 7 nitrogen and oxygen atoms in total. The molecular weight excluding hydrogens is 631 g/mol. The van der Waals surface area contributed by atoms with Gasteiger partial charge >= 0.3 is 6.03 Å². The number of halogens is 3. The number of benzene rings is 4. The van der Waals surface area contributed by atoms with Crippen LogP contribution in [-0.2, 0) is 22.8 Å². The Morgan fingerprint density at radius 2 is 1.34 bits per heavy atom. The minimum absolute atomic E-state index is 0.220.